The highest BCUT2D eigenvalue weighted by Crippen LogP contribution is 2.50. The van der Waals surface area contributed by atoms with Gasteiger partial charge >= 0.3 is 0 Å². The van der Waals surface area contributed by atoms with E-state index < -0.39 is 6.10 Å². The second-order valence-electron chi connectivity index (χ2n) is 4.83. The summed E-state index contributed by atoms with van der Waals surface area (Å²) in [5, 5.41) is 9.74. The van der Waals surface area contributed by atoms with Crippen LogP contribution < -0.4 is 0 Å². The Morgan fingerprint density at radius 2 is 2.08 bits per heavy atom. The molecule has 0 heterocycles. The minimum atomic E-state index is -0.705. The quantitative estimate of drug-likeness (QED) is 0.593. The fraction of sp³-hybridized carbons (Fsp3) is 0.900. The Labute approximate surface area is 73.0 Å². The van der Waals surface area contributed by atoms with Gasteiger partial charge in [0.05, 0.1) is 0 Å². The predicted molar refractivity (Wildman–Crippen MR) is 45.6 cm³/mol. The standard InChI is InChI=1S/C10H16O2/c1-10(2)7-4-3-6(5-7)8(11)9(10)12/h6-7,9,12H,3-5H2,1-2H3. The van der Waals surface area contributed by atoms with Gasteiger partial charge in [0.1, 0.15) is 6.10 Å². The van der Waals surface area contributed by atoms with Gasteiger partial charge in [-0.3, -0.25) is 4.79 Å². The van der Waals surface area contributed by atoms with Gasteiger partial charge in [0.25, 0.3) is 0 Å². The van der Waals surface area contributed by atoms with Gasteiger partial charge in [-0.05, 0) is 25.2 Å². The van der Waals surface area contributed by atoms with Crippen molar-refractivity contribution >= 4 is 5.78 Å². The number of aliphatic hydroxyl groups is 1. The van der Waals surface area contributed by atoms with E-state index in [0.717, 1.165) is 19.3 Å². The van der Waals surface area contributed by atoms with Crippen LogP contribution in [0.25, 0.3) is 0 Å². The molecule has 2 heteroatoms. The number of hydrogen-bond donors (Lipinski definition) is 1. The van der Waals surface area contributed by atoms with Crippen LogP contribution in [0.2, 0.25) is 0 Å². The van der Waals surface area contributed by atoms with Gasteiger partial charge in [-0.15, -0.1) is 0 Å². The molecule has 0 aromatic heterocycles. The van der Waals surface area contributed by atoms with Crippen molar-refractivity contribution in [2.24, 2.45) is 17.3 Å². The average Bonchev–Trinajstić information content (AvgIpc) is 2.46. The van der Waals surface area contributed by atoms with Crippen molar-refractivity contribution in [3.63, 3.8) is 0 Å². The van der Waals surface area contributed by atoms with Gasteiger partial charge < -0.3 is 5.11 Å². The highest BCUT2D eigenvalue weighted by atomic mass is 16.3. The van der Waals surface area contributed by atoms with Crippen LogP contribution in [-0.4, -0.2) is 17.0 Å². The summed E-state index contributed by atoms with van der Waals surface area (Å²) < 4.78 is 0. The molecule has 2 rings (SSSR count). The molecule has 2 aliphatic rings. The molecule has 0 amide bonds. The second-order valence-corrected chi connectivity index (χ2v) is 4.83. The van der Waals surface area contributed by atoms with Crippen molar-refractivity contribution < 1.29 is 9.90 Å². The summed E-state index contributed by atoms with van der Waals surface area (Å²) >= 11 is 0. The highest BCUT2D eigenvalue weighted by Gasteiger charge is 2.51. The molecule has 0 aliphatic heterocycles. The molecule has 2 fully saturated rings. The molecule has 2 nitrogen and oxygen atoms in total. The van der Waals surface area contributed by atoms with Crippen LogP contribution in [0.4, 0.5) is 0 Å². The van der Waals surface area contributed by atoms with Crippen LogP contribution in [0.15, 0.2) is 0 Å². The largest absolute Gasteiger partial charge is 0.385 e. The molecule has 0 aromatic carbocycles. The first-order valence-corrected chi connectivity index (χ1v) is 4.75. The fourth-order valence-corrected chi connectivity index (χ4v) is 2.73. The maximum Gasteiger partial charge on any atom is 0.164 e. The lowest BCUT2D eigenvalue weighted by atomic mass is 9.67. The highest BCUT2D eigenvalue weighted by molar-refractivity contribution is 5.87. The molecule has 3 unspecified atom stereocenters. The summed E-state index contributed by atoms with van der Waals surface area (Å²) in [5.41, 5.74) is -0.177. The van der Waals surface area contributed by atoms with Gasteiger partial charge in [0.15, 0.2) is 5.78 Å². The summed E-state index contributed by atoms with van der Waals surface area (Å²) in [5.74, 6) is 0.835. The van der Waals surface area contributed by atoms with Crippen LogP contribution in [0.5, 0.6) is 0 Å². The molecule has 2 saturated carbocycles. The van der Waals surface area contributed by atoms with Crippen LogP contribution in [0.1, 0.15) is 33.1 Å². The third-order valence-electron chi connectivity index (χ3n) is 3.86. The Bertz CT molecular complexity index is 220. The Morgan fingerprint density at radius 3 is 2.75 bits per heavy atom. The maximum absolute atomic E-state index is 11.5. The number of carbonyl (C=O) groups excluding carboxylic acids is 1. The zero-order chi connectivity index (χ0) is 8.93. The van der Waals surface area contributed by atoms with E-state index >= 15 is 0 Å². The van der Waals surface area contributed by atoms with E-state index in [4.69, 9.17) is 0 Å². The van der Waals surface area contributed by atoms with Gasteiger partial charge in [0.2, 0.25) is 0 Å². The van der Waals surface area contributed by atoms with Crippen LogP contribution in [0.3, 0.4) is 0 Å². The van der Waals surface area contributed by atoms with Crippen LogP contribution in [0, 0.1) is 17.3 Å². The first-order valence-electron chi connectivity index (χ1n) is 4.75. The summed E-state index contributed by atoms with van der Waals surface area (Å²) in [6, 6.07) is 0. The van der Waals surface area contributed by atoms with E-state index in [2.05, 4.69) is 0 Å². The van der Waals surface area contributed by atoms with E-state index in [0.29, 0.717) is 5.92 Å². The number of hydrogen-bond acceptors (Lipinski definition) is 2. The molecule has 0 aromatic rings. The Balaban J connectivity index is 2.32. The monoisotopic (exact) mass is 168 g/mol. The topological polar surface area (TPSA) is 37.3 Å². The van der Waals surface area contributed by atoms with Gasteiger partial charge in [-0.25, -0.2) is 0 Å². The van der Waals surface area contributed by atoms with E-state index in [-0.39, 0.29) is 17.1 Å². The minimum Gasteiger partial charge on any atom is -0.385 e. The molecule has 68 valence electrons. The molecule has 0 radical (unpaired) electrons. The summed E-state index contributed by atoms with van der Waals surface area (Å²) in [6.45, 7) is 4.03. The first-order chi connectivity index (χ1) is 5.53. The molecule has 0 spiro atoms. The van der Waals surface area contributed by atoms with Crippen molar-refractivity contribution in [1.82, 2.24) is 0 Å². The summed E-state index contributed by atoms with van der Waals surface area (Å²) in [6.07, 6.45) is 2.44. The average molecular weight is 168 g/mol. The zero-order valence-corrected chi connectivity index (χ0v) is 7.71. The lowest BCUT2D eigenvalue weighted by Crippen LogP contribution is -2.46. The van der Waals surface area contributed by atoms with Gasteiger partial charge in [-0.2, -0.15) is 0 Å². The number of ketones is 1. The molecule has 2 bridgehead atoms. The van der Waals surface area contributed by atoms with Crippen molar-refractivity contribution in [2.45, 2.75) is 39.2 Å². The van der Waals surface area contributed by atoms with Crippen molar-refractivity contribution in [2.75, 3.05) is 0 Å². The fourth-order valence-electron chi connectivity index (χ4n) is 2.73. The molecule has 3 atom stereocenters. The van der Waals surface area contributed by atoms with E-state index in [1.54, 1.807) is 0 Å². The number of fused-ring (bicyclic) bond motifs is 2. The number of carbonyl (C=O) groups is 1. The molecule has 2 aliphatic carbocycles. The second kappa shape index (κ2) is 2.32. The van der Waals surface area contributed by atoms with Crippen LogP contribution >= 0.6 is 0 Å². The normalized spacial score (nSPS) is 44.9. The number of rotatable bonds is 0. The number of Topliss-reactive ketones (excluding diaryl/α,β-unsaturated/α-hetero) is 1. The minimum absolute atomic E-state index is 0.0914. The van der Waals surface area contributed by atoms with E-state index in [1.165, 1.54) is 0 Å². The molecule has 0 saturated heterocycles. The smallest absolute Gasteiger partial charge is 0.164 e. The third-order valence-corrected chi connectivity index (χ3v) is 3.86. The molecular formula is C10H16O2. The predicted octanol–water partition coefficient (Wildman–Crippen LogP) is 1.37. The summed E-state index contributed by atoms with van der Waals surface area (Å²) in [7, 11) is 0. The lowest BCUT2D eigenvalue weighted by molar-refractivity contribution is -0.143. The van der Waals surface area contributed by atoms with Gasteiger partial charge in [-0.1, -0.05) is 13.8 Å². The maximum atomic E-state index is 11.5. The van der Waals surface area contributed by atoms with Crippen molar-refractivity contribution in [3.8, 4) is 0 Å². The molecule has 12 heavy (non-hydrogen) atoms. The Hall–Kier alpha value is -0.370. The Kier molecular flexibility index (Phi) is 1.59. The summed E-state index contributed by atoms with van der Waals surface area (Å²) in [4.78, 5) is 11.5. The lowest BCUT2D eigenvalue weighted by Gasteiger charge is -2.39. The zero-order valence-electron chi connectivity index (χ0n) is 7.71. The molecule has 1 N–H and O–H groups in total. The first kappa shape index (κ1) is 8.24. The van der Waals surface area contributed by atoms with Crippen molar-refractivity contribution in [3.05, 3.63) is 0 Å². The Morgan fingerprint density at radius 1 is 1.42 bits per heavy atom. The SMILES string of the molecule is CC1(C)C2CCC(C2)C(=O)C1O. The molecular weight excluding hydrogens is 152 g/mol. The van der Waals surface area contributed by atoms with E-state index in [1.807, 2.05) is 13.8 Å². The van der Waals surface area contributed by atoms with Crippen molar-refractivity contribution in [1.29, 1.82) is 0 Å². The third kappa shape index (κ3) is 0.875. The van der Waals surface area contributed by atoms with E-state index in [9.17, 15) is 9.90 Å². The van der Waals surface area contributed by atoms with Crippen LogP contribution in [-0.2, 0) is 4.79 Å². The number of aliphatic hydroxyl groups excluding tert-OH is 1. The van der Waals surface area contributed by atoms with Gasteiger partial charge in [0, 0.05) is 11.3 Å².